The number of halogens is 1. The Morgan fingerprint density at radius 1 is 0.775 bits per heavy atom. The molecule has 0 aliphatic carbocycles. The maximum Gasteiger partial charge on any atom is 0.317 e. The van der Waals surface area contributed by atoms with E-state index in [-0.39, 0.29) is 55.5 Å². The molecular formula is C29H32BrN3O7. The zero-order chi connectivity index (χ0) is 29.1. The molecule has 212 valence electrons. The van der Waals surface area contributed by atoms with Crippen LogP contribution < -0.4 is 5.32 Å². The maximum atomic E-state index is 11.9. The summed E-state index contributed by atoms with van der Waals surface area (Å²) in [4.78, 5) is 38.7. The third kappa shape index (κ3) is 9.67. The molecule has 0 bridgehead atoms. The van der Waals surface area contributed by atoms with Crippen molar-refractivity contribution in [2.75, 3.05) is 30.3 Å². The highest BCUT2D eigenvalue weighted by atomic mass is 79.9. The molecule has 0 saturated heterocycles. The fraction of sp³-hybridized carbons (Fsp3) is 0.276. The van der Waals surface area contributed by atoms with Crippen molar-refractivity contribution in [3.05, 3.63) is 89.5 Å². The van der Waals surface area contributed by atoms with Crippen LogP contribution in [0.1, 0.15) is 16.7 Å². The van der Waals surface area contributed by atoms with Gasteiger partial charge in [0.25, 0.3) is 0 Å². The molecule has 11 heteroatoms. The lowest BCUT2D eigenvalue weighted by Gasteiger charge is -2.35. The van der Waals surface area contributed by atoms with E-state index >= 15 is 0 Å². The molecule has 0 aromatic heterocycles. The van der Waals surface area contributed by atoms with Crippen molar-refractivity contribution in [2.45, 2.75) is 25.6 Å². The number of aromatic hydroxyl groups is 2. The number of nitrogens with one attached hydrogen (secondary N) is 1. The number of anilines is 1. The highest BCUT2D eigenvalue weighted by Gasteiger charge is 2.26. The van der Waals surface area contributed by atoms with Crippen LogP contribution in [0.2, 0.25) is 0 Å². The topological polar surface area (TPSA) is 151 Å². The summed E-state index contributed by atoms with van der Waals surface area (Å²) in [5.41, 5.74) is 2.52. The van der Waals surface area contributed by atoms with Gasteiger partial charge in [-0.2, -0.15) is 0 Å². The fourth-order valence-corrected chi connectivity index (χ4v) is 4.55. The maximum absolute atomic E-state index is 11.9. The summed E-state index contributed by atoms with van der Waals surface area (Å²) < 4.78 is 0. The number of carboxylic acids is 2. The molecule has 0 spiro atoms. The van der Waals surface area contributed by atoms with Gasteiger partial charge in [0.05, 0.1) is 18.4 Å². The predicted molar refractivity (Wildman–Crippen MR) is 154 cm³/mol. The van der Waals surface area contributed by atoms with Crippen LogP contribution in [0.15, 0.2) is 72.8 Å². The number of amides is 1. The standard InChI is InChI=1S/C29H32BrN3O7/c30-14-27(36)31-23-11-9-20(10-12-23)13-24(33(19-29(39)40)16-22-6-2-4-8-26(22)35)17-32(18-28(37)38)15-21-5-1-3-7-25(21)34/h1-12,24,34-35H,13-19H2,(H,31,36)(H,37,38)(H,39,40). The molecule has 0 saturated carbocycles. The molecule has 1 unspecified atom stereocenters. The molecule has 5 N–H and O–H groups in total. The Labute approximate surface area is 240 Å². The number of benzene rings is 3. The number of carboxylic acid groups (broad SMARTS) is 2. The van der Waals surface area contributed by atoms with Crippen LogP contribution in [-0.2, 0) is 33.9 Å². The number of alkyl halides is 1. The Bertz CT molecular complexity index is 1300. The third-order valence-corrected chi connectivity index (χ3v) is 6.77. The molecule has 0 heterocycles. The lowest BCUT2D eigenvalue weighted by molar-refractivity contribution is -0.141. The van der Waals surface area contributed by atoms with Crippen LogP contribution in [0.4, 0.5) is 5.69 Å². The zero-order valence-electron chi connectivity index (χ0n) is 21.7. The van der Waals surface area contributed by atoms with Crippen LogP contribution in [0.5, 0.6) is 11.5 Å². The molecular weight excluding hydrogens is 582 g/mol. The molecule has 3 aromatic rings. The minimum Gasteiger partial charge on any atom is -0.508 e. The number of para-hydroxylation sites is 2. The lowest BCUT2D eigenvalue weighted by Crippen LogP contribution is -2.47. The minimum absolute atomic E-state index is 0.0279. The molecule has 1 atom stereocenters. The Kier molecular flexibility index (Phi) is 11.5. The molecule has 3 rings (SSSR count). The number of carbonyl (C=O) groups is 3. The van der Waals surface area contributed by atoms with E-state index in [2.05, 4.69) is 21.2 Å². The number of rotatable bonds is 15. The summed E-state index contributed by atoms with van der Waals surface area (Å²) in [5, 5.41) is 43.0. The summed E-state index contributed by atoms with van der Waals surface area (Å²) in [5.74, 6) is -2.27. The molecule has 10 nitrogen and oxygen atoms in total. The lowest BCUT2D eigenvalue weighted by atomic mass is 10.0. The highest BCUT2D eigenvalue weighted by molar-refractivity contribution is 9.09. The molecule has 0 aliphatic heterocycles. The average Bonchev–Trinajstić information content (AvgIpc) is 2.90. The monoisotopic (exact) mass is 613 g/mol. The summed E-state index contributed by atoms with van der Waals surface area (Å²) >= 11 is 3.11. The smallest absolute Gasteiger partial charge is 0.317 e. The Balaban J connectivity index is 1.95. The Morgan fingerprint density at radius 3 is 1.85 bits per heavy atom. The number of hydrogen-bond donors (Lipinski definition) is 5. The molecule has 1 amide bonds. The van der Waals surface area contributed by atoms with E-state index in [1.165, 1.54) is 12.1 Å². The second kappa shape index (κ2) is 15.0. The van der Waals surface area contributed by atoms with Crippen LogP contribution in [-0.4, -0.2) is 79.1 Å². The van der Waals surface area contributed by atoms with Crippen molar-refractivity contribution in [1.82, 2.24) is 9.80 Å². The van der Waals surface area contributed by atoms with Crippen molar-refractivity contribution in [3.63, 3.8) is 0 Å². The van der Waals surface area contributed by atoms with Gasteiger partial charge < -0.3 is 25.7 Å². The van der Waals surface area contributed by atoms with Gasteiger partial charge in [-0.25, -0.2) is 0 Å². The Morgan fingerprint density at radius 2 is 1.32 bits per heavy atom. The number of hydrogen-bond acceptors (Lipinski definition) is 7. The van der Waals surface area contributed by atoms with Crippen LogP contribution >= 0.6 is 15.9 Å². The minimum atomic E-state index is -1.07. The van der Waals surface area contributed by atoms with Crippen molar-refractivity contribution in [3.8, 4) is 11.5 Å². The van der Waals surface area contributed by atoms with Crippen molar-refractivity contribution >= 4 is 39.5 Å². The van der Waals surface area contributed by atoms with Crippen LogP contribution in [0, 0.1) is 0 Å². The highest BCUT2D eigenvalue weighted by Crippen LogP contribution is 2.23. The first kappa shape index (κ1) is 30.6. The number of phenols is 2. The van der Waals surface area contributed by atoms with Gasteiger partial charge in [-0.15, -0.1) is 0 Å². The number of aliphatic carboxylic acids is 2. The van der Waals surface area contributed by atoms with Crippen molar-refractivity contribution < 1.29 is 34.8 Å². The summed E-state index contributed by atoms with van der Waals surface area (Å²) in [6.45, 7) is -0.287. The second-order valence-electron chi connectivity index (χ2n) is 9.36. The first-order chi connectivity index (χ1) is 19.1. The normalized spacial score (nSPS) is 11.9. The van der Waals surface area contributed by atoms with Gasteiger partial charge >= 0.3 is 11.9 Å². The number of carbonyl (C=O) groups excluding carboxylic acids is 1. The van der Waals surface area contributed by atoms with E-state index in [9.17, 15) is 34.8 Å². The van der Waals surface area contributed by atoms with E-state index in [4.69, 9.17) is 0 Å². The third-order valence-electron chi connectivity index (χ3n) is 6.26. The SMILES string of the molecule is O=C(O)CN(Cc1ccccc1O)CC(Cc1ccc(NC(=O)CBr)cc1)N(CC(=O)O)Cc1ccccc1O. The molecule has 0 fully saturated rings. The van der Waals surface area contributed by atoms with Crippen molar-refractivity contribution in [1.29, 1.82) is 0 Å². The quantitative estimate of drug-likeness (QED) is 0.162. The number of nitrogens with zero attached hydrogens (tertiary/aromatic N) is 2. The van der Waals surface area contributed by atoms with Gasteiger partial charge in [-0.1, -0.05) is 64.5 Å². The number of phenolic OH excluding ortho intramolecular Hbond substituents is 2. The van der Waals surface area contributed by atoms with Gasteiger partial charge in [-0.3, -0.25) is 24.2 Å². The predicted octanol–water partition coefficient (Wildman–Crippen LogP) is 3.52. The van der Waals surface area contributed by atoms with Gasteiger partial charge in [0.15, 0.2) is 0 Å². The molecule has 0 radical (unpaired) electrons. The summed E-state index contributed by atoms with van der Waals surface area (Å²) in [6, 6.07) is 19.9. The molecule has 3 aromatic carbocycles. The van der Waals surface area contributed by atoms with E-state index in [1.807, 2.05) is 12.1 Å². The first-order valence-electron chi connectivity index (χ1n) is 12.5. The van der Waals surface area contributed by atoms with Gasteiger partial charge in [-0.05, 0) is 36.2 Å². The largest absolute Gasteiger partial charge is 0.508 e. The van der Waals surface area contributed by atoms with Gasteiger partial charge in [0.2, 0.25) is 5.91 Å². The van der Waals surface area contributed by atoms with E-state index < -0.39 is 18.0 Å². The summed E-state index contributed by atoms with van der Waals surface area (Å²) in [7, 11) is 0. The second-order valence-corrected chi connectivity index (χ2v) is 9.92. The zero-order valence-corrected chi connectivity index (χ0v) is 23.3. The van der Waals surface area contributed by atoms with Gasteiger partial charge in [0, 0.05) is 42.5 Å². The first-order valence-corrected chi connectivity index (χ1v) is 13.6. The van der Waals surface area contributed by atoms with E-state index in [0.717, 1.165) is 5.56 Å². The van der Waals surface area contributed by atoms with Crippen molar-refractivity contribution in [2.24, 2.45) is 0 Å². The van der Waals surface area contributed by atoms with E-state index in [0.29, 0.717) is 23.2 Å². The average molecular weight is 614 g/mol. The molecule has 0 aliphatic rings. The molecule has 40 heavy (non-hydrogen) atoms. The Hall–Kier alpha value is -3.93. The van der Waals surface area contributed by atoms with Crippen LogP contribution in [0.25, 0.3) is 0 Å². The van der Waals surface area contributed by atoms with Gasteiger partial charge in [0.1, 0.15) is 11.5 Å². The fourth-order valence-electron chi connectivity index (χ4n) is 4.41. The summed E-state index contributed by atoms with van der Waals surface area (Å²) in [6.07, 6.45) is 0.352. The van der Waals surface area contributed by atoms with Crippen LogP contribution in [0.3, 0.4) is 0 Å². The van der Waals surface area contributed by atoms with E-state index in [1.54, 1.807) is 58.3 Å².